The molecule has 0 atom stereocenters. The maximum atomic E-state index is 5.89. The number of hydrogen-bond acceptors (Lipinski definition) is 7. The van der Waals surface area contributed by atoms with Crippen molar-refractivity contribution in [1.29, 1.82) is 0 Å². The Morgan fingerprint density at radius 3 is 2.54 bits per heavy atom. The van der Waals surface area contributed by atoms with E-state index in [0.29, 0.717) is 35.8 Å². The molecule has 0 aliphatic rings. The Balaban J connectivity index is 1.62. The van der Waals surface area contributed by atoms with Gasteiger partial charge in [0.25, 0.3) is 0 Å². The van der Waals surface area contributed by atoms with Gasteiger partial charge in [-0.25, -0.2) is 19.9 Å². The van der Waals surface area contributed by atoms with Crippen molar-refractivity contribution in [3.63, 3.8) is 0 Å². The first-order valence-corrected chi connectivity index (χ1v) is 9.00. The molecule has 0 aliphatic carbocycles. The highest BCUT2D eigenvalue weighted by atomic mass is 35.5. The topological polar surface area (TPSA) is 118 Å². The van der Waals surface area contributed by atoms with Gasteiger partial charge in [0.15, 0.2) is 5.65 Å². The molecule has 9 heteroatoms. The van der Waals surface area contributed by atoms with Crippen LogP contribution < -0.4 is 16.2 Å². The Labute approximate surface area is 166 Å². The van der Waals surface area contributed by atoms with Crippen molar-refractivity contribution < 1.29 is 4.74 Å². The summed E-state index contributed by atoms with van der Waals surface area (Å²) in [6.07, 6.45) is 0. The van der Waals surface area contributed by atoms with Crippen LogP contribution >= 0.6 is 11.6 Å². The Bertz CT molecular complexity index is 1140. The molecule has 0 radical (unpaired) electrons. The molecule has 0 aliphatic heterocycles. The molecule has 0 unspecified atom stereocenters. The van der Waals surface area contributed by atoms with Gasteiger partial charge < -0.3 is 20.8 Å². The van der Waals surface area contributed by atoms with E-state index in [0.717, 1.165) is 28.2 Å². The van der Waals surface area contributed by atoms with Gasteiger partial charge in [0.1, 0.15) is 34.7 Å². The summed E-state index contributed by atoms with van der Waals surface area (Å²) in [6, 6.07) is 12.6. The Kier molecular flexibility index (Phi) is 4.70. The maximum Gasteiger partial charge on any atom is 0.214 e. The van der Waals surface area contributed by atoms with Crippen LogP contribution in [-0.4, -0.2) is 31.1 Å². The predicted molar refractivity (Wildman–Crippen MR) is 109 cm³/mol. The van der Waals surface area contributed by atoms with E-state index in [1.165, 1.54) is 0 Å². The minimum atomic E-state index is 0.351. The van der Waals surface area contributed by atoms with Crippen LogP contribution in [-0.2, 0) is 6.54 Å². The maximum absolute atomic E-state index is 5.89. The Hall–Kier alpha value is -3.39. The summed E-state index contributed by atoms with van der Waals surface area (Å²) >= 11 is 5.89. The van der Waals surface area contributed by atoms with Crippen LogP contribution in [0.15, 0.2) is 42.5 Å². The number of fused-ring (bicyclic) bond motifs is 1. The van der Waals surface area contributed by atoms with Crippen LogP contribution in [0.3, 0.4) is 0 Å². The van der Waals surface area contributed by atoms with Gasteiger partial charge >= 0.3 is 0 Å². The first-order chi connectivity index (χ1) is 13.5. The van der Waals surface area contributed by atoms with Gasteiger partial charge in [-0.15, -0.1) is 0 Å². The lowest BCUT2D eigenvalue weighted by molar-refractivity contribution is 0.288. The number of aryl methyl sites for hydroxylation is 1. The van der Waals surface area contributed by atoms with Crippen molar-refractivity contribution >= 4 is 34.4 Å². The second-order valence-corrected chi connectivity index (χ2v) is 6.59. The first kappa shape index (κ1) is 18.0. The van der Waals surface area contributed by atoms with Crippen molar-refractivity contribution in [3.05, 3.63) is 53.4 Å². The molecule has 4 rings (SSSR count). The second-order valence-electron chi connectivity index (χ2n) is 6.20. The number of nitrogens with zero attached hydrogens (tertiary/aromatic N) is 5. The van der Waals surface area contributed by atoms with E-state index in [1.807, 2.05) is 23.6 Å². The van der Waals surface area contributed by atoms with Crippen LogP contribution in [0.4, 0.5) is 11.6 Å². The number of pyridine rings is 3. The molecule has 4 aromatic heterocycles. The summed E-state index contributed by atoms with van der Waals surface area (Å²) in [5, 5.41) is 0.393. The molecule has 4 N–H and O–H groups in total. The standard InChI is InChI=1S/C19H18ClN7O/c1-11-23-14-6-5-13(12-9-16(21)26-17(22)10-12)24-19(14)27(11)7-8-28-18-4-2-3-15(20)25-18/h2-6,9-10H,7-8H2,1H3,(H4,21,22,26). The monoisotopic (exact) mass is 395 g/mol. The second kappa shape index (κ2) is 7.32. The predicted octanol–water partition coefficient (Wildman–Crippen LogP) is 3.09. The fraction of sp³-hybridized carbons (Fsp3) is 0.158. The SMILES string of the molecule is Cc1nc2ccc(-c3cc(N)nc(N)c3)nc2n1CCOc1cccc(Cl)n1. The lowest BCUT2D eigenvalue weighted by Crippen LogP contribution is -2.10. The van der Waals surface area contributed by atoms with Crippen LogP contribution in [0.25, 0.3) is 22.4 Å². The molecule has 0 fully saturated rings. The zero-order valence-electron chi connectivity index (χ0n) is 15.1. The zero-order valence-corrected chi connectivity index (χ0v) is 15.9. The highest BCUT2D eigenvalue weighted by Gasteiger charge is 2.12. The summed E-state index contributed by atoms with van der Waals surface area (Å²) in [5.74, 6) is 2.02. The molecule has 0 saturated heterocycles. The van der Waals surface area contributed by atoms with Gasteiger partial charge in [0.2, 0.25) is 5.88 Å². The van der Waals surface area contributed by atoms with Crippen molar-refractivity contribution in [2.45, 2.75) is 13.5 Å². The van der Waals surface area contributed by atoms with Gasteiger partial charge in [0, 0.05) is 11.6 Å². The highest BCUT2D eigenvalue weighted by Crippen LogP contribution is 2.24. The van der Waals surface area contributed by atoms with Crippen molar-refractivity contribution in [3.8, 4) is 17.1 Å². The third kappa shape index (κ3) is 3.67. The average Bonchev–Trinajstić information content (AvgIpc) is 2.96. The molecule has 28 heavy (non-hydrogen) atoms. The van der Waals surface area contributed by atoms with Gasteiger partial charge in [-0.05, 0) is 37.3 Å². The molecule has 8 nitrogen and oxygen atoms in total. The van der Waals surface area contributed by atoms with E-state index < -0.39 is 0 Å². The number of halogens is 1. The van der Waals surface area contributed by atoms with E-state index in [9.17, 15) is 0 Å². The fourth-order valence-corrected chi connectivity index (χ4v) is 3.13. The van der Waals surface area contributed by atoms with Crippen LogP contribution in [0.2, 0.25) is 5.15 Å². The number of imidazole rings is 1. The number of nitrogens with two attached hydrogens (primary N) is 2. The molecule has 0 saturated carbocycles. The molecule has 0 bridgehead atoms. The summed E-state index contributed by atoms with van der Waals surface area (Å²) in [5.41, 5.74) is 14.7. The summed E-state index contributed by atoms with van der Waals surface area (Å²) in [4.78, 5) is 17.4. The Morgan fingerprint density at radius 2 is 1.79 bits per heavy atom. The van der Waals surface area contributed by atoms with Crippen molar-refractivity contribution in [1.82, 2.24) is 24.5 Å². The third-order valence-electron chi connectivity index (χ3n) is 4.20. The number of hydrogen-bond donors (Lipinski definition) is 2. The van der Waals surface area contributed by atoms with Crippen LogP contribution in [0, 0.1) is 6.92 Å². The fourth-order valence-electron chi connectivity index (χ4n) is 2.98. The number of aromatic nitrogens is 5. The molecule has 0 aromatic carbocycles. The van der Waals surface area contributed by atoms with E-state index >= 15 is 0 Å². The van der Waals surface area contributed by atoms with Crippen LogP contribution in [0.5, 0.6) is 5.88 Å². The summed E-state index contributed by atoms with van der Waals surface area (Å²) < 4.78 is 7.69. The first-order valence-electron chi connectivity index (χ1n) is 8.62. The Morgan fingerprint density at radius 1 is 1.00 bits per heavy atom. The highest BCUT2D eigenvalue weighted by molar-refractivity contribution is 6.29. The van der Waals surface area contributed by atoms with E-state index in [1.54, 1.807) is 30.3 Å². The summed E-state index contributed by atoms with van der Waals surface area (Å²) in [6.45, 7) is 2.90. The number of anilines is 2. The number of ether oxygens (including phenoxy) is 1. The molecular weight excluding hydrogens is 378 g/mol. The number of rotatable bonds is 5. The zero-order chi connectivity index (χ0) is 19.7. The molecule has 4 aromatic rings. The van der Waals surface area contributed by atoms with Gasteiger partial charge in [-0.1, -0.05) is 17.7 Å². The van der Waals surface area contributed by atoms with Gasteiger partial charge in [-0.2, -0.15) is 0 Å². The van der Waals surface area contributed by atoms with E-state index in [4.69, 9.17) is 32.8 Å². The molecule has 0 spiro atoms. The van der Waals surface area contributed by atoms with Gasteiger partial charge in [0.05, 0.1) is 12.2 Å². The van der Waals surface area contributed by atoms with E-state index in [2.05, 4.69) is 15.0 Å². The smallest absolute Gasteiger partial charge is 0.214 e. The number of nitrogen functional groups attached to an aromatic ring is 2. The average molecular weight is 396 g/mol. The molecule has 142 valence electrons. The quantitative estimate of drug-likeness (QED) is 0.498. The van der Waals surface area contributed by atoms with Crippen molar-refractivity contribution in [2.24, 2.45) is 0 Å². The van der Waals surface area contributed by atoms with Gasteiger partial charge in [-0.3, -0.25) is 0 Å². The molecule has 0 amide bonds. The molecular formula is C19H18ClN7O. The lowest BCUT2D eigenvalue weighted by atomic mass is 10.1. The van der Waals surface area contributed by atoms with Crippen LogP contribution in [0.1, 0.15) is 5.82 Å². The van der Waals surface area contributed by atoms with Crippen molar-refractivity contribution in [2.75, 3.05) is 18.1 Å². The van der Waals surface area contributed by atoms with E-state index in [-0.39, 0.29) is 0 Å². The lowest BCUT2D eigenvalue weighted by Gasteiger charge is -2.09. The largest absolute Gasteiger partial charge is 0.476 e. The minimum absolute atomic E-state index is 0.351. The minimum Gasteiger partial charge on any atom is -0.476 e. The summed E-state index contributed by atoms with van der Waals surface area (Å²) in [7, 11) is 0. The third-order valence-corrected chi connectivity index (χ3v) is 4.41. The molecule has 4 heterocycles. The normalized spacial score (nSPS) is 11.1.